The second-order valence-corrected chi connectivity index (χ2v) is 10.3. The molecule has 0 bridgehead atoms. The summed E-state index contributed by atoms with van der Waals surface area (Å²) in [7, 11) is 0. The zero-order valence-electron chi connectivity index (χ0n) is 20.9. The number of hydrogen-bond acceptors (Lipinski definition) is 4. The quantitative estimate of drug-likeness (QED) is 0.405. The second kappa shape index (κ2) is 11.6. The Bertz CT molecular complexity index is 1260. The summed E-state index contributed by atoms with van der Waals surface area (Å²) in [6.45, 7) is 5.54. The Kier molecular flexibility index (Phi) is 8.45. The molecule has 4 rings (SSSR count). The summed E-state index contributed by atoms with van der Waals surface area (Å²) < 4.78 is 14.1. The van der Waals surface area contributed by atoms with Crippen molar-refractivity contribution in [3.05, 3.63) is 86.4 Å². The number of hydrogen-bond donors (Lipinski definition) is 3. The molecule has 1 saturated heterocycles. The first-order valence-electron chi connectivity index (χ1n) is 12.4. The van der Waals surface area contributed by atoms with Crippen molar-refractivity contribution in [1.82, 2.24) is 15.5 Å². The molecule has 9 heteroatoms. The lowest BCUT2D eigenvalue weighted by atomic mass is 9.96. The first-order chi connectivity index (χ1) is 17.7. The predicted molar refractivity (Wildman–Crippen MR) is 146 cm³/mol. The molecule has 2 aliphatic heterocycles. The molecule has 1 unspecified atom stereocenters. The minimum absolute atomic E-state index is 0.0291. The Morgan fingerprint density at radius 1 is 1.22 bits per heavy atom. The van der Waals surface area contributed by atoms with Crippen LogP contribution >= 0.6 is 23.2 Å². The van der Waals surface area contributed by atoms with E-state index < -0.39 is 5.82 Å². The fourth-order valence-electron chi connectivity index (χ4n) is 4.88. The number of benzene rings is 2. The van der Waals surface area contributed by atoms with Crippen molar-refractivity contribution in [2.75, 3.05) is 19.6 Å². The molecule has 2 aromatic carbocycles. The number of amides is 2. The van der Waals surface area contributed by atoms with Crippen molar-refractivity contribution in [2.45, 2.75) is 39.2 Å². The van der Waals surface area contributed by atoms with Crippen molar-refractivity contribution in [3.8, 4) is 0 Å². The zero-order chi connectivity index (χ0) is 26.7. The van der Waals surface area contributed by atoms with E-state index in [-0.39, 0.29) is 28.8 Å². The number of primary amides is 1. The molecular weight excluding hydrogens is 514 g/mol. The van der Waals surface area contributed by atoms with E-state index in [9.17, 15) is 14.0 Å². The summed E-state index contributed by atoms with van der Waals surface area (Å²) in [4.78, 5) is 26.2. The highest BCUT2D eigenvalue weighted by atomic mass is 35.5. The minimum Gasteiger partial charge on any atom is -0.369 e. The zero-order valence-corrected chi connectivity index (χ0v) is 22.4. The Morgan fingerprint density at radius 3 is 2.59 bits per heavy atom. The lowest BCUT2D eigenvalue weighted by Gasteiger charge is -2.31. The number of nitrogens with zero attached hydrogens (tertiary/aromatic N) is 1. The van der Waals surface area contributed by atoms with Gasteiger partial charge in [0.25, 0.3) is 5.91 Å². The summed E-state index contributed by atoms with van der Waals surface area (Å²) in [5.41, 5.74) is 9.63. The summed E-state index contributed by atoms with van der Waals surface area (Å²) in [6, 6.07) is 10.0. The Labute approximate surface area is 226 Å². The van der Waals surface area contributed by atoms with Crippen LogP contribution in [-0.2, 0) is 4.79 Å². The summed E-state index contributed by atoms with van der Waals surface area (Å²) in [6.07, 6.45) is 4.24. The second-order valence-electron chi connectivity index (χ2n) is 9.51. The van der Waals surface area contributed by atoms with Crippen LogP contribution < -0.4 is 16.4 Å². The molecule has 2 heterocycles. The van der Waals surface area contributed by atoms with E-state index in [1.807, 2.05) is 38.1 Å². The summed E-state index contributed by atoms with van der Waals surface area (Å²) in [5, 5.41) is 7.29. The number of likely N-dealkylation sites (tertiary alicyclic amines) is 1. The Balaban J connectivity index is 1.48. The highest BCUT2D eigenvalue weighted by molar-refractivity contribution is 6.36. The molecule has 2 amide bonds. The minimum atomic E-state index is -0.499. The lowest BCUT2D eigenvalue weighted by Crippen LogP contribution is -2.44. The maximum Gasteiger partial charge on any atom is 0.253 e. The number of rotatable bonds is 7. The molecule has 0 aromatic heterocycles. The van der Waals surface area contributed by atoms with E-state index in [0.717, 1.165) is 35.4 Å². The van der Waals surface area contributed by atoms with Crippen LogP contribution in [0.15, 0.2) is 53.9 Å². The van der Waals surface area contributed by atoms with Crippen LogP contribution in [0.3, 0.4) is 0 Å². The first-order valence-corrected chi connectivity index (χ1v) is 13.2. The highest BCUT2D eigenvalue weighted by Gasteiger charge is 2.28. The normalized spacial score (nSPS) is 18.7. The largest absolute Gasteiger partial charge is 0.369 e. The van der Waals surface area contributed by atoms with Crippen LogP contribution in [0.1, 0.15) is 60.6 Å². The lowest BCUT2D eigenvalue weighted by molar-refractivity contribution is -0.123. The van der Waals surface area contributed by atoms with E-state index in [4.69, 9.17) is 28.9 Å². The van der Waals surface area contributed by atoms with Crippen LogP contribution in [0, 0.1) is 11.7 Å². The smallest absolute Gasteiger partial charge is 0.253 e. The monoisotopic (exact) mass is 544 g/mol. The van der Waals surface area contributed by atoms with Gasteiger partial charge in [-0.05, 0) is 67.2 Å². The molecule has 37 heavy (non-hydrogen) atoms. The van der Waals surface area contributed by atoms with E-state index in [2.05, 4.69) is 16.7 Å². The van der Waals surface area contributed by atoms with E-state index in [1.54, 1.807) is 4.90 Å². The van der Waals surface area contributed by atoms with Gasteiger partial charge in [0.1, 0.15) is 11.6 Å². The van der Waals surface area contributed by atoms with Gasteiger partial charge in [0.15, 0.2) is 0 Å². The fraction of sp³-hybridized carbons (Fsp3) is 0.357. The van der Waals surface area contributed by atoms with Crippen molar-refractivity contribution < 1.29 is 14.0 Å². The number of piperidine rings is 1. The topological polar surface area (TPSA) is 87.5 Å². The molecule has 0 saturated carbocycles. The first kappa shape index (κ1) is 27.0. The molecule has 2 atom stereocenters. The van der Waals surface area contributed by atoms with Crippen LogP contribution in [0.25, 0.3) is 5.57 Å². The molecule has 0 spiro atoms. The van der Waals surface area contributed by atoms with Crippen LogP contribution in [0.5, 0.6) is 0 Å². The van der Waals surface area contributed by atoms with Gasteiger partial charge in [-0.25, -0.2) is 4.39 Å². The van der Waals surface area contributed by atoms with Crippen LogP contribution in [0.2, 0.25) is 10.0 Å². The van der Waals surface area contributed by atoms with Crippen LogP contribution in [0.4, 0.5) is 4.39 Å². The van der Waals surface area contributed by atoms with Gasteiger partial charge in [-0.2, -0.15) is 0 Å². The van der Waals surface area contributed by atoms with Gasteiger partial charge in [-0.15, -0.1) is 0 Å². The average Bonchev–Trinajstić information content (AvgIpc) is 2.91. The van der Waals surface area contributed by atoms with Gasteiger partial charge in [0.05, 0.1) is 17.0 Å². The van der Waals surface area contributed by atoms with E-state index in [1.165, 1.54) is 12.1 Å². The number of dihydropyridines is 1. The van der Waals surface area contributed by atoms with Gasteiger partial charge in [-0.3, -0.25) is 9.59 Å². The van der Waals surface area contributed by atoms with Gasteiger partial charge < -0.3 is 21.3 Å². The number of carbonyl (C=O) groups is 2. The number of halogens is 3. The molecule has 0 aliphatic carbocycles. The van der Waals surface area contributed by atoms with Gasteiger partial charge in [0.2, 0.25) is 5.91 Å². The van der Waals surface area contributed by atoms with E-state index >= 15 is 0 Å². The molecular formula is C28H31Cl2FN4O2. The fourth-order valence-corrected chi connectivity index (χ4v) is 5.51. The summed E-state index contributed by atoms with van der Waals surface area (Å²) in [5.74, 6) is -0.396. The number of nitrogens with two attached hydrogens (primary N) is 1. The molecule has 2 aromatic rings. The van der Waals surface area contributed by atoms with Gasteiger partial charge in [0, 0.05) is 35.8 Å². The maximum absolute atomic E-state index is 14.1. The summed E-state index contributed by atoms with van der Waals surface area (Å²) >= 11 is 12.6. The third-order valence-electron chi connectivity index (χ3n) is 7.01. The predicted octanol–water partition coefficient (Wildman–Crippen LogP) is 5.43. The molecule has 2 aliphatic rings. The molecule has 196 valence electrons. The van der Waals surface area contributed by atoms with Crippen molar-refractivity contribution in [1.29, 1.82) is 0 Å². The Morgan fingerprint density at radius 2 is 1.95 bits per heavy atom. The standard InChI is InChI=1S/C28H31Cl2FN4O2/c1-3-23(24-21(29)10-11-22(31)25(24)30)34-27-16(2)13-20(14-33-27)17-6-8-18(9-7-17)28(37)35-12-4-5-19(15-35)26(32)36/h6-11,13,19,23,33-34H,3-5,12,14-15H2,1-2H3,(H2,32,36)/t19-,23?/m1/s1. The van der Waals surface area contributed by atoms with Crippen molar-refractivity contribution in [3.63, 3.8) is 0 Å². The van der Waals surface area contributed by atoms with Crippen LogP contribution in [-0.4, -0.2) is 36.3 Å². The molecule has 0 radical (unpaired) electrons. The average molecular weight is 545 g/mol. The van der Waals surface area contributed by atoms with Gasteiger partial charge in [-0.1, -0.05) is 48.3 Å². The SMILES string of the molecule is CCC(NC1=C(C)C=C(c2ccc(C(=O)N3CCC[C@@H](C(N)=O)C3)cc2)CN1)c1c(Cl)ccc(F)c1Cl. The third kappa shape index (κ3) is 5.94. The van der Waals surface area contributed by atoms with E-state index in [0.29, 0.717) is 42.2 Å². The number of carbonyl (C=O) groups excluding carboxylic acids is 2. The van der Waals surface area contributed by atoms with Crippen molar-refractivity contribution in [2.24, 2.45) is 11.7 Å². The number of nitrogens with one attached hydrogen (secondary N) is 2. The van der Waals surface area contributed by atoms with Gasteiger partial charge >= 0.3 is 0 Å². The molecule has 6 nitrogen and oxygen atoms in total. The third-order valence-corrected chi connectivity index (χ3v) is 7.72. The molecule has 1 fully saturated rings. The highest BCUT2D eigenvalue weighted by Crippen LogP contribution is 2.35. The number of allylic oxidation sites excluding steroid dienone is 2. The maximum atomic E-state index is 14.1. The molecule has 4 N–H and O–H groups in total. The van der Waals surface area contributed by atoms with Crippen molar-refractivity contribution >= 4 is 40.6 Å². The Hall–Kier alpha value is -3.03.